The lowest BCUT2D eigenvalue weighted by atomic mass is 10.0. The van der Waals surface area contributed by atoms with E-state index in [4.69, 9.17) is 9.72 Å². The summed E-state index contributed by atoms with van der Waals surface area (Å²) in [6.07, 6.45) is 5.86. The predicted molar refractivity (Wildman–Crippen MR) is 118 cm³/mol. The fourth-order valence-corrected chi connectivity index (χ4v) is 4.37. The van der Waals surface area contributed by atoms with E-state index < -0.39 is 0 Å². The van der Waals surface area contributed by atoms with Crippen LogP contribution in [0.3, 0.4) is 0 Å². The molecule has 0 unspecified atom stereocenters. The minimum absolute atomic E-state index is 0.284. The highest BCUT2D eigenvalue weighted by molar-refractivity contribution is 5.92. The molecule has 156 valence electrons. The third-order valence-electron chi connectivity index (χ3n) is 6.06. The van der Waals surface area contributed by atoms with Gasteiger partial charge in [-0.1, -0.05) is 18.2 Å². The lowest BCUT2D eigenvalue weighted by Crippen LogP contribution is -2.28. The zero-order chi connectivity index (χ0) is 20.7. The fourth-order valence-electron chi connectivity index (χ4n) is 4.37. The van der Waals surface area contributed by atoms with Crippen LogP contribution in [-0.2, 0) is 17.8 Å². The first-order valence-electron chi connectivity index (χ1n) is 10.6. The topological polar surface area (TPSA) is 77.1 Å². The van der Waals surface area contributed by atoms with Crippen molar-refractivity contribution in [3.05, 3.63) is 47.9 Å². The molecule has 1 saturated heterocycles. The molecule has 0 spiro atoms. The van der Waals surface area contributed by atoms with Crippen LogP contribution in [0.25, 0.3) is 21.8 Å². The van der Waals surface area contributed by atoms with Crippen LogP contribution in [0, 0.1) is 6.92 Å². The number of nitrogens with zero attached hydrogens (tertiary/aromatic N) is 4. The molecule has 0 bridgehead atoms. The van der Waals surface area contributed by atoms with Gasteiger partial charge in [-0.25, -0.2) is 9.67 Å². The quantitative estimate of drug-likeness (QED) is 0.524. The molecule has 4 aromatic rings. The van der Waals surface area contributed by atoms with Gasteiger partial charge >= 0.3 is 0 Å². The Hall–Kier alpha value is -3.06. The molecule has 1 aliphatic rings. The largest absolute Gasteiger partial charge is 0.494 e. The average molecular weight is 406 g/mol. The number of aromatic hydroxyl groups is 1. The summed E-state index contributed by atoms with van der Waals surface area (Å²) in [4.78, 5) is 4.88. The van der Waals surface area contributed by atoms with Gasteiger partial charge in [0.25, 0.3) is 0 Å². The molecule has 0 atom stereocenters. The Labute approximate surface area is 175 Å². The zero-order valence-electron chi connectivity index (χ0n) is 17.4. The second-order valence-corrected chi connectivity index (χ2v) is 7.95. The minimum atomic E-state index is 0.284. The van der Waals surface area contributed by atoms with E-state index in [2.05, 4.69) is 17.3 Å². The smallest absolute Gasteiger partial charge is 0.199 e. The van der Waals surface area contributed by atoms with E-state index in [1.165, 1.54) is 0 Å². The monoisotopic (exact) mass is 405 g/mol. The van der Waals surface area contributed by atoms with Crippen molar-refractivity contribution in [3.8, 4) is 5.88 Å². The van der Waals surface area contributed by atoms with Gasteiger partial charge in [0.2, 0.25) is 0 Å². The van der Waals surface area contributed by atoms with Gasteiger partial charge in [-0.05, 0) is 32.8 Å². The van der Waals surface area contributed by atoms with Crippen LogP contribution < -0.4 is 5.32 Å². The average Bonchev–Trinajstić information content (AvgIpc) is 3.32. The van der Waals surface area contributed by atoms with Gasteiger partial charge in [0.1, 0.15) is 0 Å². The van der Waals surface area contributed by atoms with Gasteiger partial charge in [0.15, 0.2) is 11.5 Å². The summed E-state index contributed by atoms with van der Waals surface area (Å²) in [5.74, 6) is 0.284. The summed E-state index contributed by atoms with van der Waals surface area (Å²) in [6, 6.07) is 8.25. The molecule has 0 aliphatic carbocycles. The maximum absolute atomic E-state index is 10.8. The van der Waals surface area contributed by atoms with Crippen LogP contribution in [0.5, 0.6) is 5.88 Å². The fraction of sp³-hybridized carbons (Fsp3) is 0.391. The molecule has 0 radical (unpaired) electrons. The van der Waals surface area contributed by atoms with Crippen LogP contribution in [0.4, 0.5) is 5.69 Å². The summed E-state index contributed by atoms with van der Waals surface area (Å²) in [5, 5.41) is 22.0. The van der Waals surface area contributed by atoms with E-state index in [1.54, 1.807) is 0 Å². The molecule has 3 aromatic heterocycles. The Balaban J connectivity index is 1.62. The number of nitrogens with one attached hydrogen (secondary N) is 1. The molecule has 5 rings (SSSR count). The first kappa shape index (κ1) is 18.9. The number of anilines is 1. The van der Waals surface area contributed by atoms with Crippen molar-refractivity contribution in [2.75, 3.05) is 18.5 Å². The third-order valence-corrected chi connectivity index (χ3v) is 6.06. The summed E-state index contributed by atoms with van der Waals surface area (Å²) >= 11 is 0. The van der Waals surface area contributed by atoms with Crippen molar-refractivity contribution in [3.63, 3.8) is 0 Å². The van der Waals surface area contributed by atoms with E-state index in [1.807, 2.05) is 52.8 Å². The summed E-state index contributed by atoms with van der Waals surface area (Å²) in [7, 11) is 0. The van der Waals surface area contributed by atoms with Crippen molar-refractivity contribution in [2.45, 2.75) is 45.8 Å². The number of aryl methyl sites for hydroxylation is 2. The first-order valence-corrected chi connectivity index (χ1v) is 10.6. The van der Waals surface area contributed by atoms with Gasteiger partial charge in [-0.15, -0.1) is 0 Å². The molecule has 0 saturated carbocycles. The second kappa shape index (κ2) is 7.65. The Morgan fingerprint density at radius 3 is 2.77 bits per heavy atom. The van der Waals surface area contributed by atoms with E-state index >= 15 is 0 Å². The number of benzene rings is 1. The Morgan fingerprint density at radius 2 is 2.00 bits per heavy atom. The first-order chi connectivity index (χ1) is 14.7. The summed E-state index contributed by atoms with van der Waals surface area (Å²) < 4.78 is 9.38. The molecule has 7 heteroatoms. The van der Waals surface area contributed by atoms with E-state index in [0.717, 1.165) is 71.4 Å². The van der Waals surface area contributed by atoms with Crippen molar-refractivity contribution in [1.82, 2.24) is 19.3 Å². The van der Waals surface area contributed by atoms with Gasteiger partial charge in [0, 0.05) is 54.0 Å². The molecule has 1 aromatic carbocycles. The van der Waals surface area contributed by atoms with Crippen LogP contribution >= 0.6 is 0 Å². The predicted octanol–water partition coefficient (Wildman–Crippen LogP) is 4.06. The maximum atomic E-state index is 10.8. The summed E-state index contributed by atoms with van der Waals surface area (Å²) in [5.41, 5.74) is 4.00. The lowest BCUT2D eigenvalue weighted by Gasteiger charge is -2.26. The number of ether oxygens (including phenoxy) is 1. The van der Waals surface area contributed by atoms with Crippen LogP contribution in [0.1, 0.15) is 31.0 Å². The van der Waals surface area contributed by atoms with Crippen LogP contribution in [-0.4, -0.2) is 43.7 Å². The number of fused-ring (bicyclic) bond motifs is 2. The van der Waals surface area contributed by atoms with E-state index in [-0.39, 0.29) is 5.88 Å². The number of hydrogen-bond acceptors (Lipinski definition) is 5. The van der Waals surface area contributed by atoms with Crippen LogP contribution in [0.15, 0.2) is 36.7 Å². The highest BCUT2D eigenvalue weighted by Crippen LogP contribution is 2.34. The SMILES string of the molecule is CCn1ncc2c(NC3CCOCC3)c(Cn3cc4ccccc4c3O)c(C)nc21. The Bertz CT molecular complexity index is 1200. The Morgan fingerprint density at radius 1 is 1.20 bits per heavy atom. The number of pyridine rings is 1. The number of rotatable bonds is 5. The molecule has 4 heterocycles. The number of aromatic nitrogens is 4. The molecule has 1 fully saturated rings. The van der Waals surface area contributed by atoms with Crippen molar-refractivity contribution in [1.29, 1.82) is 0 Å². The van der Waals surface area contributed by atoms with Crippen molar-refractivity contribution in [2.24, 2.45) is 0 Å². The lowest BCUT2D eigenvalue weighted by molar-refractivity contribution is 0.0904. The van der Waals surface area contributed by atoms with Gasteiger partial charge in [0.05, 0.1) is 23.8 Å². The molecular formula is C23H27N5O2. The molecule has 7 nitrogen and oxygen atoms in total. The zero-order valence-corrected chi connectivity index (χ0v) is 17.4. The van der Waals surface area contributed by atoms with Crippen molar-refractivity contribution < 1.29 is 9.84 Å². The normalized spacial score (nSPS) is 15.3. The third kappa shape index (κ3) is 3.19. The minimum Gasteiger partial charge on any atom is -0.494 e. The molecule has 2 N–H and O–H groups in total. The molecule has 30 heavy (non-hydrogen) atoms. The van der Waals surface area contributed by atoms with Crippen molar-refractivity contribution >= 4 is 27.5 Å². The van der Waals surface area contributed by atoms with E-state index in [0.29, 0.717) is 12.6 Å². The van der Waals surface area contributed by atoms with Gasteiger partial charge in [-0.3, -0.25) is 0 Å². The molecule has 1 aliphatic heterocycles. The standard InChI is InChI=1S/C23H27N5O2/c1-3-28-22-19(12-24-28)21(26-17-8-10-30-11-9-17)20(15(2)25-22)14-27-13-16-6-4-5-7-18(16)23(27)29/h4-7,12-13,17,29H,3,8-11,14H2,1-2H3,(H,25,26). The van der Waals surface area contributed by atoms with Gasteiger partial charge < -0.3 is 19.7 Å². The molecular weight excluding hydrogens is 378 g/mol. The number of hydrogen-bond donors (Lipinski definition) is 2. The Kier molecular flexibility index (Phi) is 4.83. The highest BCUT2D eigenvalue weighted by atomic mass is 16.5. The van der Waals surface area contributed by atoms with Crippen LogP contribution in [0.2, 0.25) is 0 Å². The van der Waals surface area contributed by atoms with Gasteiger partial charge in [-0.2, -0.15) is 5.10 Å². The van der Waals surface area contributed by atoms with E-state index in [9.17, 15) is 5.11 Å². The highest BCUT2D eigenvalue weighted by Gasteiger charge is 2.22. The second-order valence-electron chi connectivity index (χ2n) is 7.95. The summed E-state index contributed by atoms with van der Waals surface area (Å²) in [6.45, 7) is 6.98. The maximum Gasteiger partial charge on any atom is 0.199 e. The molecule has 0 amide bonds.